The SMILES string of the molecule is CC.CC/C=C(/C)CCCC(CCC)C[n+]1ccc(C)cc1-c1cccc(=O)[nH]1. The number of H-pyrrole nitrogens is 1. The molecule has 3 nitrogen and oxygen atoms in total. The van der Waals surface area contributed by atoms with Crippen LogP contribution >= 0.6 is 0 Å². The molecule has 0 aliphatic rings. The van der Waals surface area contributed by atoms with E-state index in [2.05, 4.69) is 61.7 Å². The van der Waals surface area contributed by atoms with Crippen molar-refractivity contribution < 1.29 is 4.57 Å². The number of allylic oxidation sites excluding steroid dienone is 2. The van der Waals surface area contributed by atoms with E-state index in [9.17, 15) is 4.79 Å². The molecule has 2 heterocycles. The van der Waals surface area contributed by atoms with Crippen LogP contribution in [0.1, 0.15) is 78.7 Å². The van der Waals surface area contributed by atoms with Crippen molar-refractivity contribution in [3.63, 3.8) is 0 Å². The van der Waals surface area contributed by atoms with Crippen LogP contribution in [0, 0.1) is 12.8 Å². The zero-order valence-electron chi connectivity index (χ0n) is 19.4. The fraction of sp³-hybridized carbons (Fsp3) is 0.538. The summed E-state index contributed by atoms with van der Waals surface area (Å²) in [5.41, 5.74) is 4.65. The number of nitrogens with zero attached hydrogens (tertiary/aromatic N) is 1. The molecule has 29 heavy (non-hydrogen) atoms. The number of hydrogen-bond donors (Lipinski definition) is 1. The van der Waals surface area contributed by atoms with Gasteiger partial charge in [-0.25, -0.2) is 0 Å². The molecule has 2 aromatic rings. The molecule has 0 aromatic carbocycles. The highest BCUT2D eigenvalue weighted by Crippen LogP contribution is 2.20. The van der Waals surface area contributed by atoms with Crippen LogP contribution in [0.4, 0.5) is 0 Å². The van der Waals surface area contributed by atoms with Crippen LogP contribution in [0.3, 0.4) is 0 Å². The van der Waals surface area contributed by atoms with Gasteiger partial charge in [0.25, 0.3) is 0 Å². The standard InChI is InChI=1S/C24H34N2O.C2H6/c1-5-9-19(3)11-7-12-21(10-6-2)18-26-16-15-20(4)17-23(26)22-13-8-14-24(27)25-22;1-2/h8-9,13-17,21H,5-7,10-12,18H2,1-4H3;1-2H3/p+1/b19-9-;. The maximum atomic E-state index is 11.8. The molecule has 3 heteroatoms. The zero-order valence-corrected chi connectivity index (χ0v) is 19.4. The molecule has 160 valence electrons. The van der Waals surface area contributed by atoms with Crippen molar-refractivity contribution in [1.29, 1.82) is 0 Å². The third-order valence-corrected chi connectivity index (χ3v) is 5.12. The van der Waals surface area contributed by atoms with E-state index in [1.54, 1.807) is 6.07 Å². The second-order valence-corrected chi connectivity index (χ2v) is 7.68. The lowest BCUT2D eigenvalue weighted by atomic mass is 9.95. The first kappa shape index (κ1) is 24.9. The first-order valence-electron chi connectivity index (χ1n) is 11.4. The second kappa shape index (κ2) is 13.9. The molecule has 1 N–H and O–H groups in total. The Labute approximate surface area is 177 Å². The Morgan fingerprint density at radius 3 is 2.59 bits per heavy atom. The molecule has 2 aromatic heterocycles. The van der Waals surface area contributed by atoms with Gasteiger partial charge in [0.15, 0.2) is 12.7 Å². The van der Waals surface area contributed by atoms with Gasteiger partial charge in [-0.2, -0.15) is 4.57 Å². The Bertz CT molecular complexity index is 804. The van der Waals surface area contributed by atoms with E-state index in [1.165, 1.54) is 43.2 Å². The van der Waals surface area contributed by atoms with E-state index in [1.807, 2.05) is 26.0 Å². The summed E-state index contributed by atoms with van der Waals surface area (Å²) in [6, 6.07) is 9.70. The molecule has 0 saturated heterocycles. The minimum absolute atomic E-state index is 0.0520. The van der Waals surface area contributed by atoms with Crippen molar-refractivity contribution in [2.75, 3.05) is 0 Å². The van der Waals surface area contributed by atoms with Gasteiger partial charge in [-0.1, -0.05) is 51.8 Å². The normalized spacial score (nSPS) is 12.3. The summed E-state index contributed by atoms with van der Waals surface area (Å²) in [6.45, 7) is 13.8. The molecule has 0 bridgehead atoms. The van der Waals surface area contributed by atoms with E-state index in [4.69, 9.17) is 0 Å². The Kier molecular flexibility index (Phi) is 11.9. The lowest BCUT2D eigenvalue weighted by Gasteiger charge is -2.15. The van der Waals surface area contributed by atoms with E-state index in [0.29, 0.717) is 5.92 Å². The van der Waals surface area contributed by atoms with Gasteiger partial charge in [-0.3, -0.25) is 4.79 Å². The molecule has 0 radical (unpaired) electrons. The van der Waals surface area contributed by atoms with Crippen LogP contribution in [-0.2, 0) is 6.54 Å². The van der Waals surface area contributed by atoms with Crippen LogP contribution < -0.4 is 10.1 Å². The lowest BCUT2D eigenvalue weighted by Crippen LogP contribution is -2.40. The number of rotatable bonds is 10. The number of aryl methyl sites for hydroxylation is 1. The molecule has 0 amide bonds. The van der Waals surface area contributed by atoms with Crippen LogP contribution in [0.25, 0.3) is 11.4 Å². The van der Waals surface area contributed by atoms with Gasteiger partial charge in [0.05, 0.1) is 0 Å². The summed E-state index contributed by atoms with van der Waals surface area (Å²) in [7, 11) is 0. The number of aromatic amines is 1. The highest BCUT2D eigenvalue weighted by Gasteiger charge is 2.19. The fourth-order valence-corrected chi connectivity index (χ4v) is 3.76. The predicted molar refractivity (Wildman–Crippen MR) is 125 cm³/mol. The van der Waals surface area contributed by atoms with Gasteiger partial charge in [-0.15, -0.1) is 0 Å². The first-order valence-corrected chi connectivity index (χ1v) is 11.4. The quantitative estimate of drug-likeness (QED) is 0.355. The highest BCUT2D eigenvalue weighted by molar-refractivity contribution is 5.50. The Balaban J connectivity index is 0.00000204. The fourth-order valence-electron chi connectivity index (χ4n) is 3.76. The van der Waals surface area contributed by atoms with Gasteiger partial charge in [0.1, 0.15) is 5.69 Å². The third-order valence-electron chi connectivity index (χ3n) is 5.12. The summed E-state index contributed by atoms with van der Waals surface area (Å²) in [4.78, 5) is 14.8. The largest absolute Gasteiger partial charge is 0.317 e. The summed E-state index contributed by atoms with van der Waals surface area (Å²) >= 11 is 0. The summed E-state index contributed by atoms with van der Waals surface area (Å²) in [5, 5.41) is 0. The monoisotopic (exact) mass is 397 g/mol. The molecule has 1 atom stereocenters. The van der Waals surface area contributed by atoms with Crippen LogP contribution in [-0.4, -0.2) is 4.98 Å². The van der Waals surface area contributed by atoms with E-state index in [-0.39, 0.29) is 5.56 Å². The first-order chi connectivity index (χ1) is 14.0. The van der Waals surface area contributed by atoms with Gasteiger partial charge in [-0.05, 0) is 57.6 Å². The van der Waals surface area contributed by atoms with Crippen molar-refractivity contribution in [2.24, 2.45) is 5.92 Å². The topological polar surface area (TPSA) is 36.7 Å². The third kappa shape index (κ3) is 8.81. The second-order valence-electron chi connectivity index (χ2n) is 7.68. The number of pyridine rings is 2. The van der Waals surface area contributed by atoms with Crippen molar-refractivity contribution in [3.05, 3.63) is 64.1 Å². The van der Waals surface area contributed by atoms with Gasteiger partial charge < -0.3 is 4.98 Å². The Morgan fingerprint density at radius 1 is 1.17 bits per heavy atom. The number of nitrogens with one attached hydrogen (secondary N) is 1. The smallest absolute Gasteiger partial charge is 0.248 e. The van der Waals surface area contributed by atoms with Crippen LogP contribution in [0.2, 0.25) is 0 Å². The molecule has 0 aliphatic heterocycles. The van der Waals surface area contributed by atoms with Crippen molar-refractivity contribution >= 4 is 0 Å². The van der Waals surface area contributed by atoms with Crippen molar-refractivity contribution in [3.8, 4) is 11.4 Å². The van der Waals surface area contributed by atoms with E-state index < -0.39 is 0 Å². The maximum absolute atomic E-state index is 11.8. The van der Waals surface area contributed by atoms with Crippen LogP contribution in [0.15, 0.2) is 53.0 Å². The van der Waals surface area contributed by atoms with Gasteiger partial charge in [0, 0.05) is 24.1 Å². The molecule has 1 unspecified atom stereocenters. The van der Waals surface area contributed by atoms with Crippen LogP contribution in [0.5, 0.6) is 0 Å². The van der Waals surface area contributed by atoms with Gasteiger partial charge in [0.2, 0.25) is 11.3 Å². The zero-order chi connectivity index (χ0) is 21.6. The Morgan fingerprint density at radius 2 is 1.93 bits per heavy atom. The molecule has 0 aliphatic carbocycles. The molecule has 0 saturated carbocycles. The van der Waals surface area contributed by atoms with Crippen molar-refractivity contribution in [2.45, 2.75) is 86.6 Å². The van der Waals surface area contributed by atoms with E-state index in [0.717, 1.165) is 24.4 Å². The average molecular weight is 398 g/mol. The van der Waals surface area contributed by atoms with E-state index >= 15 is 0 Å². The predicted octanol–water partition coefficient (Wildman–Crippen LogP) is 6.61. The number of hydrogen-bond acceptors (Lipinski definition) is 1. The average Bonchev–Trinajstić information content (AvgIpc) is 2.71. The minimum atomic E-state index is -0.0520. The summed E-state index contributed by atoms with van der Waals surface area (Å²) in [5.74, 6) is 0.659. The Hall–Kier alpha value is -2.16. The highest BCUT2D eigenvalue weighted by atomic mass is 16.1. The van der Waals surface area contributed by atoms with Gasteiger partial charge >= 0.3 is 0 Å². The molecule has 0 fully saturated rings. The molecular weight excluding hydrogens is 356 g/mol. The molecule has 0 spiro atoms. The summed E-state index contributed by atoms with van der Waals surface area (Å²) in [6.07, 6.45) is 11.8. The van der Waals surface area contributed by atoms with Crippen molar-refractivity contribution in [1.82, 2.24) is 4.98 Å². The maximum Gasteiger partial charge on any atom is 0.248 e. The summed E-state index contributed by atoms with van der Waals surface area (Å²) < 4.78 is 2.31. The minimum Gasteiger partial charge on any atom is -0.317 e. The number of aromatic nitrogens is 2. The molecular formula is C26H41N2O+. The molecule has 2 rings (SSSR count). The lowest BCUT2D eigenvalue weighted by molar-refractivity contribution is -0.693.